The minimum atomic E-state index is -0.0138. The van der Waals surface area contributed by atoms with Crippen LogP contribution >= 0.6 is 0 Å². The lowest BCUT2D eigenvalue weighted by atomic mass is 9.82. The van der Waals surface area contributed by atoms with Gasteiger partial charge in [-0.05, 0) is 46.5 Å². The number of ether oxygens (including phenoxy) is 1. The fraction of sp³-hybridized carbons (Fsp3) is 1.00. The van der Waals surface area contributed by atoms with Crippen molar-refractivity contribution in [3.8, 4) is 0 Å². The van der Waals surface area contributed by atoms with E-state index in [4.69, 9.17) is 4.74 Å². The molecule has 1 heterocycles. The van der Waals surface area contributed by atoms with Gasteiger partial charge in [0.25, 0.3) is 0 Å². The monoisotopic (exact) mass is 282 g/mol. The highest BCUT2D eigenvalue weighted by Crippen LogP contribution is 2.28. The van der Waals surface area contributed by atoms with Gasteiger partial charge in [0.1, 0.15) is 0 Å². The quantitative estimate of drug-likeness (QED) is 0.858. The first-order chi connectivity index (χ1) is 9.46. The zero-order chi connectivity index (χ0) is 14.6. The van der Waals surface area contributed by atoms with Crippen LogP contribution in [0.4, 0.5) is 0 Å². The van der Waals surface area contributed by atoms with Gasteiger partial charge in [-0.1, -0.05) is 19.3 Å². The van der Waals surface area contributed by atoms with Gasteiger partial charge in [-0.3, -0.25) is 4.90 Å². The summed E-state index contributed by atoms with van der Waals surface area (Å²) in [6, 6.07) is 1.35. The van der Waals surface area contributed by atoms with E-state index in [-0.39, 0.29) is 5.60 Å². The molecule has 2 aliphatic rings. The molecule has 1 N–H and O–H groups in total. The van der Waals surface area contributed by atoms with Crippen LogP contribution in [0.25, 0.3) is 0 Å². The standard InChI is InChI=1S/C17H34N2O/c1-14-12-18-16(15-8-6-5-7-9-15)13-19(14)10-11-20-17(2,3)4/h14-16,18H,5-13H2,1-4H3. The van der Waals surface area contributed by atoms with E-state index in [9.17, 15) is 0 Å². The van der Waals surface area contributed by atoms with Gasteiger partial charge in [0, 0.05) is 31.7 Å². The van der Waals surface area contributed by atoms with Crippen LogP contribution in [0, 0.1) is 5.92 Å². The zero-order valence-electron chi connectivity index (χ0n) is 14.0. The fourth-order valence-corrected chi connectivity index (χ4v) is 3.58. The summed E-state index contributed by atoms with van der Waals surface area (Å²) in [4.78, 5) is 2.63. The topological polar surface area (TPSA) is 24.5 Å². The summed E-state index contributed by atoms with van der Waals surface area (Å²) in [7, 11) is 0. The molecule has 2 rings (SSSR count). The molecule has 0 aromatic carbocycles. The molecule has 0 spiro atoms. The minimum Gasteiger partial charge on any atom is -0.375 e. The van der Waals surface area contributed by atoms with Crippen molar-refractivity contribution in [1.82, 2.24) is 10.2 Å². The molecule has 3 nitrogen and oxygen atoms in total. The van der Waals surface area contributed by atoms with E-state index in [1.165, 1.54) is 38.6 Å². The maximum Gasteiger partial charge on any atom is 0.0600 e. The van der Waals surface area contributed by atoms with Gasteiger partial charge < -0.3 is 10.1 Å². The third-order valence-corrected chi connectivity index (χ3v) is 4.86. The zero-order valence-corrected chi connectivity index (χ0v) is 14.0. The van der Waals surface area contributed by atoms with E-state index in [0.717, 1.165) is 25.6 Å². The van der Waals surface area contributed by atoms with Crippen molar-refractivity contribution in [3.05, 3.63) is 0 Å². The largest absolute Gasteiger partial charge is 0.375 e. The molecular weight excluding hydrogens is 248 g/mol. The molecule has 1 saturated carbocycles. The van der Waals surface area contributed by atoms with Crippen LogP contribution in [-0.2, 0) is 4.74 Å². The van der Waals surface area contributed by atoms with Crippen molar-refractivity contribution in [2.75, 3.05) is 26.2 Å². The predicted octanol–water partition coefficient (Wildman–Crippen LogP) is 3.04. The SMILES string of the molecule is CC1CNC(C2CCCCC2)CN1CCOC(C)(C)C. The Morgan fingerprint density at radius 2 is 1.85 bits per heavy atom. The fourth-order valence-electron chi connectivity index (χ4n) is 3.58. The number of nitrogens with zero attached hydrogens (tertiary/aromatic N) is 1. The molecule has 2 atom stereocenters. The third-order valence-electron chi connectivity index (χ3n) is 4.86. The highest BCUT2D eigenvalue weighted by molar-refractivity contribution is 4.89. The van der Waals surface area contributed by atoms with Gasteiger partial charge in [-0.2, -0.15) is 0 Å². The summed E-state index contributed by atoms with van der Waals surface area (Å²) >= 11 is 0. The Balaban J connectivity index is 1.78. The smallest absolute Gasteiger partial charge is 0.0600 e. The lowest BCUT2D eigenvalue weighted by Crippen LogP contribution is -2.58. The molecule has 0 aromatic rings. The maximum absolute atomic E-state index is 5.90. The second kappa shape index (κ2) is 7.24. The van der Waals surface area contributed by atoms with E-state index in [2.05, 4.69) is 37.9 Å². The van der Waals surface area contributed by atoms with Gasteiger partial charge >= 0.3 is 0 Å². The van der Waals surface area contributed by atoms with E-state index < -0.39 is 0 Å². The molecule has 0 radical (unpaired) electrons. The van der Waals surface area contributed by atoms with E-state index >= 15 is 0 Å². The summed E-state index contributed by atoms with van der Waals surface area (Å²) in [6.45, 7) is 13.0. The molecular formula is C17H34N2O. The van der Waals surface area contributed by atoms with Crippen LogP contribution in [0.2, 0.25) is 0 Å². The van der Waals surface area contributed by atoms with Crippen LogP contribution in [0.15, 0.2) is 0 Å². The molecule has 0 amide bonds. The van der Waals surface area contributed by atoms with E-state index in [1.54, 1.807) is 0 Å². The van der Waals surface area contributed by atoms with Crippen molar-refractivity contribution in [1.29, 1.82) is 0 Å². The molecule has 3 heteroatoms. The number of hydrogen-bond acceptors (Lipinski definition) is 3. The van der Waals surface area contributed by atoms with Gasteiger partial charge in [-0.25, -0.2) is 0 Å². The Bertz CT molecular complexity index is 281. The first-order valence-corrected chi connectivity index (χ1v) is 8.57. The molecule has 0 aromatic heterocycles. The van der Waals surface area contributed by atoms with E-state index in [0.29, 0.717) is 12.1 Å². The molecule has 0 bridgehead atoms. The maximum atomic E-state index is 5.90. The molecule has 1 aliphatic carbocycles. The van der Waals surface area contributed by atoms with Crippen molar-refractivity contribution in [2.45, 2.75) is 77.5 Å². The van der Waals surface area contributed by atoms with Crippen LogP contribution in [0.5, 0.6) is 0 Å². The molecule has 20 heavy (non-hydrogen) atoms. The Morgan fingerprint density at radius 3 is 2.50 bits per heavy atom. The molecule has 2 unspecified atom stereocenters. The first kappa shape index (κ1) is 16.3. The minimum absolute atomic E-state index is 0.0138. The number of nitrogens with one attached hydrogen (secondary N) is 1. The second-order valence-electron chi connectivity index (χ2n) is 7.72. The lowest BCUT2D eigenvalue weighted by molar-refractivity contribution is -0.0231. The molecule has 2 fully saturated rings. The third kappa shape index (κ3) is 5.01. The Labute approximate surface area is 125 Å². The predicted molar refractivity (Wildman–Crippen MR) is 85.1 cm³/mol. The lowest BCUT2D eigenvalue weighted by Gasteiger charge is -2.43. The van der Waals surface area contributed by atoms with Gasteiger partial charge in [0.2, 0.25) is 0 Å². The van der Waals surface area contributed by atoms with Crippen LogP contribution in [0.3, 0.4) is 0 Å². The van der Waals surface area contributed by atoms with Crippen molar-refractivity contribution >= 4 is 0 Å². The highest BCUT2D eigenvalue weighted by Gasteiger charge is 2.30. The van der Waals surface area contributed by atoms with Crippen molar-refractivity contribution in [3.63, 3.8) is 0 Å². The normalized spacial score (nSPS) is 30.6. The van der Waals surface area contributed by atoms with Crippen LogP contribution in [0.1, 0.15) is 59.8 Å². The average molecular weight is 282 g/mol. The summed E-state index contributed by atoms with van der Waals surface area (Å²) in [5.41, 5.74) is -0.0138. The van der Waals surface area contributed by atoms with Gasteiger partial charge in [0.15, 0.2) is 0 Å². The number of rotatable bonds is 4. The molecule has 1 aliphatic heterocycles. The Morgan fingerprint density at radius 1 is 1.15 bits per heavy atom. The van der Waals surface area contributed by atoms with Crippen molar-refractivity contribution < 1.29 is 4.74 Å². The summed E-state index contributed by atoms with van der Waals surface area (Å²) in [5, 5.41) is 3.79. The number of hydrogen-bond donors (Lipinski definition) is 1. The van der Waals surface area contributed by atoms with Crippen LogP contribution in [-0.4, -0.2) is 48.8 Å². The second-order valence-corrected chi connectivity index (χ2v) is 7.72. The van der Waals surface area contributed by atoms with E-state index in [1.807, 2.05) is 0 Å². The number of piperazine rings is 1. The average Bonchev–Trinajstić information content (AvgIpc) is 2.40. The van der Waals surface area contributed by atoms with Crippen LogP contribution < -0.4 is 5.32 Å². The summed E-state index contributed by atoms with van der Waals surface area (Å²) in [5.74, 6) is 0.905. The highest BCUT2D eigenvalue weighted by atomic mass is 16.5. The Kier molecular flexibility index (Phi) is 5.88. The Hall–Kier alpha value is -0.120. The molecule has 1 saturated heterocycles. The van der Waals surface area contributed by atoms with Gasteiger partial charge in [-0.15, -0.1) is 0 Å². The summed E-state index contributed by atoms with van der Waals surface area (Å²) < 4.78 is 5.90. The van der Waals surface area contributed by atoms with Crippen molar-refractivity contribution in [2.24, 2.45) is 5.92 Å². The first-order valence-electron chi connectivity index (χ1n) is 8.57. The molecule has 118 valence electrons. The van der Waals surface area contributed by atoms with Gasteiger partial charge in [0.05, 0.1) is 12.2 Å². The summed E-state index contributed by atoms with van der Waals surface area (Å²) in [6.07, 6.45) is 7.18.